The molecule has 3 aromatic carbocycles. The second kappa shape index (κ2) is 8.50. The fourth-order valence-electron chi connectivity index (χ4n) is 3.67. The molecule has 0 spiro atoms. The number of benzene rings is 3. The summed E-state index contributed by atoms with van der Waals surface area (Å²) in [5, 5.41) is 8.55. The van der Waals surface area contributed by atoms with Crippen LogP contribution in [0.5, 0.6) is 0 Å². The van der Waals surface area contributed by atoms with E-state index in [2.05, 4.69) is 10.3 Å². The number of hydrogen-bond acceptors (Lipinski definition) is 6. The first-order valence-electron chi connectivity index (χ1n) is 10.6. The molecule has 0 bridgehead atoms. The van der Waals surface area contributed by atoms with E-state index in [1.165, 1.54) is 7.11 Å². The van der Waals surface area contributed by atoms with Crippen LogP contribution in [0.2, 0.25) is 0 Å². The summed E-state index contributed by atoms with van der Waals surface area (Å²) < 4.78 is 12.1. The summed E-state index contributed by atoms with van der Waals surface area (Å²) in [6.07, 6.45) is 0. The summed E-state index contributed by atoms with van der Waals surface area (Å²) in [6, 6.07) is 18.6. The van der Waals surface area contributed by atoms with Crippen molar-refractivity contribution in [3.8, 4) is 16.8 Å². The van der Waals surface area contributed by atoms with Gasteiger partial charge in [0, 0.05) is 0 Å². The van der Waals surface area contributed by atoms with Crippen molar-refractivity contribution < 1.29 is 19.1 Å². The van der Waals surface area contributed by atoms with Gasteiger partial charge in [-0.05, 0) is 74.7 Å². The first kappa shape index (κ1) is 22.2. The van der Waals surface area contributed by atoms with Gasteiger partial charge in [0.05, 0.1) is 29.4 Å². The maximum atomic E-state index is 12.7. The summed E-state index contributed by atoms with van der Waals surface area (Å²) in [4.78, 5) is 24.7. The third kappa shape index (κ3) is 4.35. The van der Waals surface area contributed by atoms with Crippen LogP contribution < -0.4 is 0 Å². The number of esters is 2. The minimum atomic E-state index is -0.575. The van der Waals surface area contributed by atoms with Crippen LogP contribution in [-0.2, 0) is 9.47 Å². The van der Waals surface area contributed by atoms with Gasteiger partial charge in [0.2, 0.25) is 0 Å². The zero-order valence-electron chi connectivity index (χ0n) is 19.2. The Balaban J connectivity index is 1.70. The quantitative estimate of drug-likeness (QED) is 0.406. The van der Waals surface area contributed by atoms with E-state index in [1.807, 2.05) is 70.2 Å². The Labute approximate surface area is 191 Å². The number of aromatic nitrogens is 3. The number of fused-ring (bicyclic) bond motifs is 1. The Morgan fingerprint density at radius 3 is 2.24 bits per heavy atom. The molecule has 7 heteroatoms. The zero-order chi connectivity index (χ0) is 23.8. The average molecular weight is 444 g/mol. The molecule has 0 amide bonds. The lowest BCUT2D eigenvalue weighted by atomic mass is 9.99. The Kier molecular flexibility index (Phi) is 5.72. The highest BCUT2D eigenvalue weighted by molar-refractivity contribution is 5.98. The van der Waals surface area contributed by atoms with E-state index in [1.54, 1.807) is 22.9 Å². The Bertz CT molecular complexity index is 1350. The third-order valence-corrected chi connectivity index (χ3v) is 5.25. The smallest absolute Gasteiger partial charge is 0.339 e. The highest BCUT2D eigenvalue weighted by Gasteiger charge is 2.21. The molecular formula is C26H25N3O4. The summed E-state index contributed by atoms with van der Waals surface area (Å²) >= 11 is 0. The van der Waals surface area contributed by atoms with Gasteiger partial charge in [-0.1, -0.05) is 35.5 Å². The van der Waals surface area contributed by atoms with Crippen LogP contribution in [0.25, 0.3) is 27.8 Å². The first-order chi connectivity index (χ1) is 15.7. The number of nitrogens with zero attached hydrogens (tertiary/aromatic N) is 3. The minimum Gasteiger partial charge on any atom is -0.465 e. The van der Waals surface area contributed by atoms with Gasteiger partial charge in [-0.2, -0.15) is 0 Å². The molecule has 0 aliphatic carbocycles. The van der Waals surface area contributed by atoms with Crippen LogP contribution in [0.4, 0.5) is 0 Å². The second-order valence-corrected chi connectivity index (χ2v) is 8.69. The van der Waals surface area contributed by atoms with Crippen LogP contribution >= 0.6 is 0 Å². The van der Waals surface area contributed by atoms with E-state index in [0.29, 0.717) is 22.2 Å². The van der Waals surface area contributed by atoms with Gasteiger partial charge in [-0.15, -0.1) is 5.10 Å². The molecular weight excluding hydrogens is 418 g/mol. The minimum absolute atomic E-state index is 0.360. The van der Waals surface area contributed by atoms with Gasteiger partial charge >= 0.3 is 11.9 Å². The second-order valence-electron chi connectivity index (χ2n) is 8.69. The van der Waals surface area contributed by atoms with Crippen molar-refractivity contribution in [2.45, 2.75) is 33.3 Å². The molecule has 0 aliphatic heterocycles. The van der Waals surface area contributed by atoms with E-state index in [9.17, 15) is 9.59 Å². The largest absolute Gasteiger partial charge is 0.465 e. The molecule has 33 heavy (non-hydrogen) atoms. The fraction of sp³-hybridized carbons (Fsp3) is 0.231. The molecule has 168 valence electrons. The number of ether oxygens (including phenoxy) is 2. The van der Waals surface area contributed by atoms with Gasteiger partial charge < -0.3 is 9.47 Å². The number of carbonyl (C=O) groups is 2. The monoisotopic (exact) mass is 443 g/mol. The Morgan fingerprint density at radius 1 is 0.879 bits per heavy atom. The van der Waals surface area contributed by atoms with Gasteiger partial charge in [-0.3, -0.25) is 0 Å². The molecule has 0 N–H and O–H groups in total. The Hall–Kier alpha value is -4.00. The molecule has 0 fully saturated rings. The van der Waals surface area contributed by atoms with Gasteiger partial charge in [0.15, 0.2) is 0 Å². The van der Waals surface area contributed by atoms with Crippen molar-refractivity contribution >= 4 is 23.0 Å². The summed E-state index contributed by atoms with van der Waals surface area (Å²) in [5.41, 5.74) is 5.01. The van der Waals surface area contributed by atoms with E-state index in [0.717, 1.165) is 22.3 Å². The van der Waals surface area contributed by atoms with Crippen LogP contribution in [0.1, 0.15) is 47.1 Å². The number of hydrogen-bond donors (Lipinski definition) is 0. The van der Waals surface area contributed by atoms with Crippen molar-refractivity contribution in [1.29, 1.82) is 0 Å². The summed E-state index contributed by atoms with van der Waals surface area (Å²) in [7, 11) is 1.35. The van der Waals surface area contributed by atoms with Crippen molar-refractivity contribution in [2.75, 3.05) is 7.11 Å². The molecule has 4 rings (SSSR count). The topological polar surface area (TPSA) is 83.3 Å². The average Bonchev–Trinajstić information content (AvgIpc) is 3.23. The molecule has 0 radical (unpaired) electrons. The van der Waals surface area contributed by atoms with E-state index in [-0.39, 0.29) is 5.97 Å². The van der Waals surface area contributed by atoms with Crippen molar-refractivity contribution in [2.24, 2.45) is 0 Å². The Morgan fingerprint density at radius 2 is 1.58 bits per heavy atom. The van der Waals surface area contributed by atoms with Crippen molar-refractivity contribution in [3.05, 3.63) is 77.4 Å². The van der Waals surface area contributed by atoms with Gasteiger partial charge in [0.1, 0.15) is 11.1 Å². The third-order valence-electron chi connectivity index (χ3n) is 5.25. The van der Waals surface area contributed by atoms with Crippen LogP contribution in [0, 0.1) is 6.92 Å². The summed E-state index contributed by atoms with van der Waals surface area (Å²) in [5.74, 6) is -0.765. The molecule has 7 nitrogen and oxygen atoms in total. The zero-order valence-corrected chi connectivity index (χ0v) is 19.2. The molecule has 0 aliphatic rings. The first-order valence-corrected chi connectivity index (χ1v) is 10.6. The lowest BCUT2D eigenvalue weighted by Gasteiger charge is -2.20. The van der Waals surface area contributed by atoms with E-state index in [4.69, 9.17) is 9.47 Å². The molecule has 0 saturated carbocycles. The molecule has 1 aromatic heterocycles. The highest BCUT2D eigenvalue weighted by Crippen LogP contribution is 2.28. The molecule has 1 heterocycles. The van der Waals surface area contributed by atoms with Crippen LogP contribution in [0.3, 0.4) is 0 Å². The number of methoxy groups -OCH3 is 1. The van der Waals surface area contributed by atoms with Gasteiger partial charge in [0.25, 0.3) is 0 Å². The standard InChI is InChI=1S/C26H25N3O4/c1-16-19(24(30)32-5)14-15-22-23(16)27-28-29(22)18-12-10-17(11-13-18)20-8-6-7-9-21(20)25(31)33-26(2,3)4/h6-15H,1-5H3. The number of rotatable bonds is 4. The predicted octanol–water partition coefficient (Wildman–Crippen LogP) is 5.14. The van der Waals surface area contributed by atoms with Crippen LogP contribution in [0.15, 0.2) is 60.7 Å². The number of aryl methyl sites for hydroxylation is 1. The van der Waals surface area contributed by atoms with Crippen molar-refractivity contribution in [1.82, 2.24) is 15.0 Å². The lowest BCUT2D eigenvalue weighted by molar-refractivity contribution is 0.00702. The molecule has 4 aromatic rings. The lowest BCUT2D eigenvalue weighted by Crippen LogP contribution is -2.24. The van der Waals surface area contributed by atoms with Gasteiger partial charge in [-0.25, -0.2) is 14.3 Å². The van der Waals surface area contributed by atoms with Crippen molar-refractivity contribution in [3.63, 3.8) is 0 Å². The molecule has 0 unspecified atom stereocenters. The maximum Gasteiger partial charge on any atom is 0.339 e. The SMILES string of the molecule is COC(=O)c1ccc2c(nnn2-c2ccc(-c3ccccc3C(=O)OC(C)(C)C)cc2)c1C. The molecule has 0 saturated heterocycles. The summed E-state index contributed by atoms with van der Waals surface area (Å²) in [6.45, 7) is 7.37. The molecule has 0 atom stereocenters. The fourth-order valence-corrected chi connectivity index (χ4v) is 3.67. The predicted molar refractivity (Wildman–Crippen MR) is 126 cm³/mol. The maximum absolute atomic E-state index is 12.7. The normalized spacial score (nSPS) is 11.4. The highest BCUT2D eigenvalue weighted by atomic mass is 16.6. The van der Waals surface area contributed by atoms with E-state index >= 15 is 0 Å². The van der Waals surface area contributed by atoms with E-state index < -0.39 is 11.6 Å². The number of carbonyl (C=O) groups excluding carboxylic acids is 2. The van der Waals surface area contributed by atoms with Crippen LogP contribution in [-0.4, -0.2) is 39.6 Å².